The molecule has 0 aliphatic heterocycles. The van der Waals surface area contributed by atoms with Gasteiger partial charge in [0.25, 0.3) is 0 Å². The molecule has 133 heavy (non-hydrogen) atoms. The highest BCUT2D eigenvalue weighted by Gasteiger charge is 2.21. The average molecular weight is 1940 g/mol. The summed E-state index contributed by atoms with van der Waals surface area (Å²) in [4.78, 5) is 26.7. The first-order valence-corrected chi connectivity index (χ1v) is 47.6. The highest BCUT2D eigenvalue weighted by molar-refractivity contribution is 5.98. The second-order valence-corrected chi connectivity index (χ2v) is 28.2. The molecule has 0 saturated heterocycles. The van der Waals surface area contributed by atoms with Crippen molar-refractivity contribution in [3.05, 3.63) is 29.8 Å². The molecule has 0 aliphatic rings. The van der Waals surface area contributed by atoms with Gasteiger partial charge < -0.3 is 185 Å². The molecule has 0 amide bonds. The van der Waals surface area contributed by atoms with Gasteiger partial charge in [-0.25, -0.2) is 0 Å². The minimum atomic E-state index is -0.447. The number of rotatable bonds is 121. The molecule has 0 aliphatic carbocycles. The molecular weight excluding hydrogens is 1760 g/mol. The summed E-state index contributed by atoms with van der Waals surface area (Å²) in [5.41, 5.74) is 0.560. The minimum absolute atomic E-state index is 0.0483. The molecule has 0 heterocycles. The zero-order valence-corrected chi connectivity index (χ0v) is 81.2. The summed E-state index contributed by atoms with van der Waals surface area (Å²) in [6.07, 6.45) is 4.70. The summed E-state index contributed by atoms with van der Waals surface area (Å²) in [7, 11) is 4.92. The van der Waals surface area contributed by atoms with E-state index in [0.29, 0.717) is 500 Å². The topological polar surface area (TPSA) is 394 Å². The summed E-state index contributed by atoms with van der Waals surface area (Å²) in [6.45, 7) is 34.8. The van der Waals surface area contributed by atoms with E-state index < -0.39 is 5.97 Å². The number of Topliss-reactive ketones (excluding diaryl/α,β-unsaturated/α-hetero) is 1. The number of esters is 1. The zero-order valence-electron chi connectivity index (χ0n) is 81.2. The molecule has 41 nitrogen and oxygen atoms in total. The Morgan fingerprint density at radius 3 is 0.459 bits per heavy atom. The van der Waals surface area contributed by atoms with E-state index in [1.165, 1.54) is 0 Å². The van der Waals surface area contributed by atoms with Crippen LogP contribution in [0.3, 0.4) is 0 Å². The fraction of sp³-hybridized carbons (Fsp3) is 0.913. The third-order valence-electron chi connectivity index (χ3n) is 17.6. The van der Waals surface area contributed by atoms with Crippen molar-refractivity contribution >= 4 is 11.8 Å². The normalized spacial score (nSPS) is 11.8. The maximum absolute atomic E-state index is 14.0. The van der Waals surface area contributed by atoms with Gasteiger partial charge in [-0.15, -0.1) is 0 Å². The first-order chi connectivity index (χ1) is 66.1. The molecule has 0 radical (unpaired) electrons. The molecule has 0 saturated carbocycles. The van der Waals surface area contributed by atoms with E-state index in [1.54, 1.807) is 45.6 Å². The highest BCUT2D eigenvalue weighted by Crippen LogP contribution is 2.24. The van der Waals surface area contributed by atoms with Crippen molar-refractivity contribution in [1.82, 2.24) is 0 Å². The van der Waals surface area contributed by atoms with Crippen LogP contribution in [0, 0.1) is 5.92 Å². The van der Waals surface area contributed by atoms with Crippen LogP contribution in [-0.2, 0) is 185 Å². The third kappa shape index (κ3) is 106. The Bertz CT molecular complexity index is 2300. The van der Waals surface area contributed by atoms with Crippen LogP contribution in [0.5, 0.6) is 5.75 Å². The summed E-state index contributed by atoms with van der Waals surface area (Å²) in [5, 5.41) is 0. The molecule has 0 atom stereocenters. The SMILES string of the molecule is COCCOCCOCCOCCOCCOCCOCCCCC(CCCCOCCOCCOCCOCCOCCOCCOC)C(=O)c1ccc(OC(=O)CCOCCOCCOCCOCCOCCOCCOCCOCCOCCOCCOCCOCCOCCOCCOCCOCCOCCOCCOCCOCCOCCOCCOCCOC)cc1. The summed E-state index contributed by atoms with van der Waals surface area (Å²) >= 11 is 0. The zero-order chi connectivity index (χ0) is 94.9. The Hall–Kier alpha value is -3.16. The van der Waals surface area contributed by atoms with Crippen molar-refractivity contribution in [1.29, 1.82) is 0 Å². The predicted octanol–water partition coefficient (Wildman–Crippen LogP) is 4.64. The van der Waals surface area contributed by atoms with Crippen molar-refractivity contribution in [3.63, 3.8) is 0 Å². The van der Waals surface area contributed by atoms with Gasteiger partial charge in [0.1, 0.15) is 5.75 Å². The molecule has 41 heteroatoms. The second-order valence-electron chi connectivity index (χ2n) is 28.2. The van der Waals surface area contributed by atoms with Gasteiger partial charge in [0.2, 0.25) is 0 Å². The van der Waals surface area contributed by atoms with Crippen LogP contribution in [0.4, 0.5) is 0 Å². The monoisotopic (exact) mass is 1940 g/mol. The Morgan fingerprint density at radius 1 is 0.173 bits per heavy atom. The van der Waals surface area contributed by atoms with Gasteiger partial charge in [0.05, 0.1) is 476 Å². The molecule has 0 spiro atoms. The largest absolute Gasteiger partial charge is 0.426 e. The molecular formula is C92H174O41. The number of unbranched alkanes of at least 4 members (excludes halogenated alkanes) is 2. The molecule has 788 valence electrons. The van der Waals surface area contributed by atoms with E-state index in [2.05, 4.69) is 0 Å². The van der Waals surface area contributed by atoms with Gasteiger partial charge in [0, 0.05) is 46.0 Å². The first kappa shape index (κ1) is 128. The first-order valence-electron chi connectivity index (χ1n) is 47.6. The smallest absolute Gasteiger partial charge is 0.313 e. The molecule has 0 unspecified atom stereocenters. The standard InChI is InChI=1S/C92H174O41/c1-95-18-21-101-30-33-107-42-45-113-51-48-110-39-36-104-27-24-98-15-6-4-8-88(9-5-7-16-99-25-28-105-37-40-111-49-52-114-46-43-108-34-31-102-22-19-96-2)92(94)89-10-12-90(13-11-89)133-91(93)14-17-100-26-29-106-38-41-112-50-53-116-56-57-118-60-61-120-64-65-122-68-69-124-72-73-126-76-77-128-80-81-130-84-85-132-87-86-131-83-82-129-79-78-127-75-74-125-71-70-123-67-66-121-63-62-119-59-58-117-55-54-115-47-44-109-35-32-103-23-20-97-3/h10-13,88H,4-9,14-87H2,1-3H3. The Kier molecular flexibility index (Phi) is 111. The van der Waals surface area contributed by atoms with Crippen LogP contribution in [0.15, 0.2) is 24.3 Å². The van der Waals surface area contributed by atoms with Gasteiger partial charge in [-0.3, -0.25) is 9.59 Å². The van der Waals surface area contributed by atoms with Gasteiger partial charge >= 0.3 is 5.97 Å². The van der Waals surface area contributed by atoms with Crippen LogP contribution in [0.25, 0.3) is 0 Å². The lowest BCUT2D eigenvalue weighted by atomic mass is 9.88. The van der Waals surface area contributed by atoms with Crippen LogP contribution in [0.2, 0.25) is 0 Å². The van der Waals surface area contributed by atoms with Gasteiger partial charge in [-0.05, 0) is 49.9 Å². The summed E-state index contributed by atoms with van der Waals surface area (Å²) in [6, 6.07) is 6.74. The van der Waals surface area contributed by atoms with Gasteiger partial charge in [-0.2, -0.15) is 0 Å². The van der Waals surface area contributed by atoms with E-state index in [0.717, 1.165) is 25.7 Å². The molecule has 0 fully saturated rings. The van der Waals surface area contributed by atoms with Crippen molar-refractivity contribution in [2.75, 3.05) is 504 Å². The van der Waals surface area contributed by atoms with Crippen molar-refractivity contribution in [2.45, 2.75) is 44.9 Å². The number of methoxy groups -OCH3 is 3. The Morgan fingerprint density at radius 2 is 0.308 bits per heavy atom. The number of benzene rings is 1. The fourth-order valence-electron chi connectivity index (χ4n) is 10.6. The maximum Gasteiger partial charge on any atom is 0.313 e. The quantitative estimate of drug-likeness (QED) is 0.0371. The number of carbonyl (C=O) groups is 2. The third-order valence-corrected chi connectivity index (χ3v) is 17.6. The summed E-state index contributed by atoms with van der Waals surface area (Å²) < 4.78 is 214. The van der Waals surface area contributed by atoms with E-state index in [1.807, 2.05) is 0 Å². The van der Waals surface area contributed by atoms with E-state index in [-0.39, 0.29) is 24.7 Å². The van der Waals surface area contributed by atoms with Crippen molar-refractivity contribution in [2.24, 2.45) is 5.92 Å². The lowest BCUT2D eigenvalue weighted by molar-refractivity contribution is -0.135. The molecule has 1 aromatic rings. The van der Waals surface area contributed by atoms with E-state index in [4.69, 9.17) is 185 Å². The predicted molar refractivity (Wildman–Crippen MR) is 487 cm³/mol. The summed E-state index contributed by atoms with van der Waals surface area (Å²) in [5.74, 6) is -0.248. The Labute approximate surface area is 793 Å². The lowest BCUT2D eigenvalue weighted by Crippen LogP contribution is -2.17. The van der Waals surface area contributed by atoms with Crippen LogP contribution < -0.4 is 4.74 Å². The van der Waals surface area contributed by atoms with Crippen molar-refractivity contribution < 1.29 is 194 Å². The minimum Gasteiger partial charge on any atom is -0.426 e. The molecule has 0 bridgehead atoms. The number of carbonyl (C=O) groups excluding carboxylic acids is 2. The number of hydrogen-bond donors (Lipinski definition) is 0. The number of ketones is 1. The van der Waals surface area contributed by atoms with E-state index in [9.17, 15) is 9.59 Å². The Balaban J connectivity index is 1.93. The number of hydrogen-bond acceptors (Lipinski definition) is 41. The highest BCUT2D eigenvalue weighted by atomic mass is 16.6. The maximum atomic E-state index is 14.0. The van der Waals surface area contributed by atoms with Gasteiger partial charge in [0.15, 0.2) is 5.78 Å². The molecule has 0 N–H and O–H groups in total. The van der Waals surface area contributed by atoms with Crippen LogP contribution in [-0.4, -0.2) is 515 Å². The molecule has 1 aromatic carbocycles. The number of ether oxygens (including phenoxy) is 39. The lowest BCUT2D eigenvalue weighted by Gasteiger charge is -2.16. The second kappa shape index (κ2) is 116. The molecule has 1 rings (SSSR count). The molecule has 0 aromatic heterocycles. The van der Waals surface area contributed by atoms with E-state index >= 15 is 0 Å². The van der Waals surface area contributed by atoms with Crippen molar-refractivity contribution in [3.8, 4) is 5.75 Å². The van der Waals surface area contributed by atoms with Crippen LogP contribution in [0.1, 0.15) is 55.3 Å². The fourth-order valence-corrected chi connectivity index (χ4v) is 10.6. The average Bonchev–Trinajstić information content (AvgIpc) is 0.857. The van der Waals surface area contributed by atoms with Gasteiger partial charge in [-0.1, -0.05) is 12.8 Å². The van der Waals surface area contributed by atoms with Crippen LogP contribution >= 0.6 is 0 Å².